The molecule has 0 N–H and O–H groups in total. The highest BCUT2D eigenvalue weighted by atomic mass is 15.2. The number of nitrogens with zero attached hydrogens (tertiary/aromatic N) is 7. The number of fused-ring (bicyclic) bond motifs is 9. The van der Waals surface area contributed by atoms with Gasteiger partial charge < -0.3 is 0 Å². The summed E-state index contributed by atoms with van der Waals surface area (Å²) in [6.45, 7) is 6.01. The molecule has 47 heavy (non-hydrogen) atoms. The van der Waals surface area contributed by atoms with Crippen molar-refractivity contribution in [3.63, 3.8) is 0 Å². The third-order valence-electron chi connectivity index (χ3n) is 8.85. The van der Waals surface area contributed by atoms with Crippen molar-refractivity contribution < 1.29 is 0 Å². The summed E-state index contributed by atoms with van der Waals surface area (Å²) in [5.74, 6) is 2.26. The maximum Gasteiger partial charge on any atom is 0.238 e. The molecule has 0 saturated carbocycles. The second kappa shape index (κ2) is 10.6. The first-order valence-electron chi connectivity index (χ1n) is 15.5. The van der Waals surface area contributed by atoms with Crippen LogP contribution in [0.25, 0.3) is 83.2 Å². The number of para-hydroxylation sites is 1. The molecular formula is C40H27N7. The van der Waals surface area contributed by atoms with Gasteiger partial charge in [0, 0.05) is 45.1 Å². The monoisotopic (exact) mass is 605 g/mol. The molecule has 7 heteroatoms. The van der Waals surface area contributed by atoms with Gasteiger partial charge in [-0.25, -0.2) is 15.0 Å². The average molecular weight is 606 g/mol. The molecule has 0 unspecified atom stereocenters. The molecule has 0 saturated heterocycles. The van der Waals surface area contributed by atoms with Crippen LogP contribution < -0.4 is 0 Å². The summed E-state index contributed by atoms with van der Waals surface area (Å²) in [7, 11) is 0. The van der Waals surface area contributed by atoms with E-state index < -0.39 is 0 Å². The highest BCUT2D eigenvalue weighted by molar-refractivity contribution is 6.28. The lowest BCUT2D eigenvalue weighted by molar-refractivity contribution is 0.930. The zero-order valence-corrected chi connectivity index (χ0v) is 25.5. The number of benzene rings is 5. The SMILES string of the molecule is C=CC(=CC)c1nc(-c2ccccc2)nc(-n2c3ccccc3c3ccc4c5c6ccccc6ccc5n(-c5ncccn5)c4c32)n1. The van der Waals surface area contributed by atoms with Crippen molar-refractivity contribution in [2.45, 2.75) is 6.92 Å². The number of allylic oxidation sites excluding steroid dienone is 3. The molecule has 0 fully saturated rings. The Kier molecular flexibility index (Phi) is 6.04. The lowest BCUT2D eigenvalue weighted by Gasteiger charge is -2.12. The Bertz CT molecular complexity index is 2700. The molecule has 7 nitrogen and oxygen atoms in total. The molecule has 0 aliphatic rings. The lowest BCUT2D eigenvalue weighted by atomic mass is 10.0. The van der Waals surface area contributed by atoms with E-state index in [0.717, 1.165) is 54.7 Å². The van der Waals surface area contributed by atoms with Gasteiger partial charge in [-0.15, -0.1) is 0 Å². The molecule has 0 atom stereocenters. The van der Waals surface area contributed by atoms with Crippen molar-refractivity contribution in [1.29, 1.82) is 0 Å². The summed E-state index contributed by atoms with van der Waals surface area (Å²) in [5.41, 5.74) is 5.69. The third kappa shape index (κ3) is 4.03. The molecule has 4 aromatic heterocycles. The van der Waals surface area contributed by atoms with E-state index in [4.69, 9.17) is 24.9 Å². The Hall–Kier alpha value is -6.47. The molecule has 222 valence electrons. The van der Waals surface area contributed by atoms with Crippen molar-refractivity contribution in [3.8, 4) is 23.3 Å². The van der Waals surface area contributed by atoms with Gasteiger partial charge in [0.15, 0.2) is 11.6 Å². The predicted molar refractivity (Wildman–Crippen MR) is 191 cm³/mol. The van der Waals surface area contributed by atoms with Crippen LogP contribution in [-0.4, -0.2) is 34.1 Å². The molecule has 0 bridgehead atoms. The Morgan fingerprint density at radius 1 is 0.596 bits per heavy atom. The van der Waals surface area contributed by atoms with E-state index >= 15 is 0 Å². The highest BCUT2D eigenvalue weighted by Gasteiger charge is 2.24. The maximum atomic E-state index is 5.15. The van der Waals surface area contributed by atoms with Crippen molar-refractivity contribution in [2.24, 2.45) is 0 Å². The van der Waals surface area contributed by atoms with Crippen LogP contribution in [0.15, 0.2) is 140 Å². The topological polar surface area (TPSA) is 74.3 Å². The maximum absolute atomic E-state index is 5.15. The van der Waals surface area contributed by atoms with Crippen molar-refractivity contribution >= 4 is 60.0 Å². The first kappa shape index (κ1) is 26.9. The van der Waals surface area contributed by atoms with Gasteiger partial charge in [-0.05, 0) is 35.9 Å². The smallest absolute Gasteiger partial charge is 0.238 e. The first-order chi connectivity index (χ1) is 23.2. The summed E-state index contributed by atoms with van der Waals surface area (Å²) in [6, 6.07) is 37.6. The predicted octanol–water partition coefficient (Wildman–Crippen LogP) is 9.27. The van der Waals surface area contributed by atoms with E-state index in [-0.39, 0.29) is 0 Å². The van der Waals surface area contributed by atoms with Crippen LogP contribution >= 0.6 is 0 Å². The van der Waals surface area contributed by atoms with Crippen LogP contribution in [0.3, 0.4) is 0 Å². The summed E-state index contributed by atoms with van der Waals surface area (Å²) in [5, 5.41) is 6.76. The molecule has 0 radical (unpaired) electrons. The van der Waals surface area contributed by atoms with E-state index in [1.807, 2.05) is 49.4 Å². The van der Waals surface area contributed by atoms with Crippen LogP contribution in [0, 0.1) is 0 Å². The van der Waals surface area contributed by atoms with Crippen LogP contribution in [0.2, 0.25) is 0 Å². The summed E-state index contributed by atoms with van der Waals surface area (Å²) < 4.78 is 4.34. The molecule has 9 rings (SSSR count). The highest BCUT2D eigenvalue weighted by Crippen LogP contribution is 2.43. The Labute approximate surface area is 269 Å². The van der Waals surface area contributed by atoms with E-state index in [1.54, 1.807) is 18.5 Å². The summed E-state index contributed by atoms with van der Waals surface area (Å²) in [6.07, 6.45) is 7.33. The fraction of sp³-hybridized carbons (Fsp3) is 0.0250. The minimum absolute atomic E-state index is 0.518. The van der Waals surface area contributed by atoms with Crippen molar-refractivity contribution in [3.05, 3.63) is 146 Å². The normalized spacial score (nSPS) is 12.1. The third-order valence-corrected chi connectivity index (χ3v) is 8.85. The van der Waals surface area contributed by atoms with Crippen molar-refractivity contribution in [2.75, 3.05) is 0 Å². The van der Waals surface area contributed by atoms with Gasteiger partial charge in [-0.2, -0.15) is 9.97 Å². The van der Waals surface area contributed by atoms with Gasteiger partial charge in [0.05, 0.1) is 22.1 Å². The van der Waals surface area contributed by atoms with Crippen LogP contribution in [0.4, 0.5) is 0 Å². The molecule has 5 aromatic carbocycles. The second-order valence-corrected chi connectivity index (χ2v) is 11.4. The van der Waals surface area contributed by atoms with Gasteiger partial charge in [0.2, 0.25) is 11.9 Å². The Morgan fingerprint density at radius 2 is 1.30 bits per heavy atom. The van der Waals surface area contributed by atoms with Gasteiger partial charge in [0.1, 0.15) is 0 Å². The number of rotatable bonds is 5. The van der Waals surface area contributed by atoms with Crippen LogP contribution in [-0.2, 0) is 0 Å². The minimum atomic E-state index is 0.518. The fourth-order valence-electron chi connectivity index (χ4n) is 6.79. The Morgan fingerprint density at radius 3 is 2.11 bits per heavy atom. The van der Waals surface area contributed by atoms with Crippen LogP contribution in [0.5, 0.6) is 0 Å². The molecule has 0 amide bonds. The molecule has 4 heterocycles. The van der Waals surface area contributed by atoms with Gasteiger partial charge in [-0.1, -0.05) is 110 Å². The van der Waals surface area contributed by atoms with Crippen molar-refractivity contribution in [1.82, 2.24) is 34.1 Å². The average Bonchev–Trinajstić information content (AvgIpc) is 3.66. The van der Waals surface area contributed by atoms with Crippen LogP contribution in [0.1, 0.15) is 12.7 Å². The minimum Gasteiger partial charge on any atom is -0.276 e. The second-order valence-electron chi connectivity index (χ2n) is 11.4. The van der Waals surface area contributed by atoms with E-state index in [2.05, 4.69) is 88.5 Å². The van der Waals surface area contributed by atoms with Gasteiger partial charge in [0.25, 0.3) is 0 Å². The first-order valence-corrected chi connectivity index (χ1v) is 15.5. The molecule has 9 aromatic rings. The van der Waals surface area contributed by atoms with E-state index in [1.165, 1.54) is 10.8 Å². The van der Waals surface area contributed by atoms with Gasteiger partial charge in [-0.3, -0.25) is 9.13 Å². The summed E-state index contributed by atoms with van der Waals surface area (Å²) in [4.78, 5) is 24.7. The lowest BCUT2D eigenvalue weighted by Crippen LogP contribution is -2.08. The largest absolute Gasteiger partial charge is 0.276 e. The Balaban J connectivity index is 1.51. The number of aromatic nitrogens is 7. The number of hydrogen-bond donors (Lipinski definition) is 0. The molecular weight excluding hydrogens is 578 g/mol. The van der Waals surface area contributed by atoms with Gasteiger partial charge >= 0.3 is 0 Å². The molecule has 0 spiro atoms. The number of hydrogen-bond acceptors (Lipinski definition) is 5. The zero-order chi connectivity index (χ0) is 31.5. The zero-order valence-electron chi connectivity index (χ0n) is 25.5. The standard InChI is InChI=1S/C40H27N7/c1-3-25(4-2)37-43-38(27-14-6-5-7-15-27)45-40(44-37)46-32-18-11-10-17-29(32)30-20-21-31-34-28-16-9-8-13-26(28)19-22-33(34)47(36(31)35(30)46)39-41-23-12-24-42-39/h3-24H,1H2,2H3. The molecule has 0 aliphatic carbocycles. The fourth-order valence-corrected chi connectivity index (χ4v) is 6.79. The van der Waals surface area contributed by atoms with E-state index in [0.29, 0.717) is 23.5 Å². The van der Waals surface area contributed by atoms with E-state index in [9.17, 15) is 0 Å². The summed E-state index contributed by atoms with van der Waals surface area (Å²) >= 11 is 0. The quantitative estimate of drug-likeness (QED) is 0.183. The molecule has 0 aliphatic heterocycles.